The number of alkyl halides is 1. The summed E-state index contributed by atoms with van der Waals surface area (Å²) >= 11 is 6.44. The van der Waals surface area contributed by atoms with Crippen LogP contribution >= 0.6 is 11.6 Å². The first-order valence-electron chi connectivity index (χ1n) is 8.05. The van der Waals surface area contributed by atoms with Gasteiger partial charge in [-0.3, -0.25) is 4.79 Å². The zero-order valence-corrected chi connectivity index (χ0v) is 14.5. The third kappa shape index (κ3) is 4.93. The number of amides is 1. The topological polar surface area (TPSA) is 37.4 Å². The van der Waals surface area contributed by atoms with E-state index in [4.69, 9.17) is 11.6 Å². The summed E-state index contributed by atoms with van der Waals surface area (Å²) in [5.41, 5.74) is 2.09. The van der Waals surface area contributed by atoms with E-state index in [2.05, 4.69) is 0 Å². The Hall–Kier alpha value is -2.13. The molecule has 0 spiro atoms. The number of likely N-dealkylation sites (N-methyl/N-ethyl adjacent to an activating group) is 1. The summed E-state index contributed by atoms with van der Waals surface area (Å²) in [6, 6.07) is 19.5. The van der Waals surface area contributed by atoms with Crippen molar-refractivity contribution >= 4 is 23.8 Å². The van der Waals surface area contributed by atoms with Crippen LogP contribution in [0.3, 0.4) is 0 Å². The molecule has 0 saturated heterocycles. The number of nitrogens with zero attached hydrogens (tertiary/aromatic N) is 1. The Labute approximate surface area is 148 Å². The molecule has 0 bridgehead atoms. The summed E-state index contributed by atoms with van der Waals surface area (Å²) in [7, 11) is 1.75. The van der Waals surface area contributed by atoms with Gasteiger partial charge in [-0.2, -0.15) is 0 Å². The zero-order valence-electron chi connectivity index (χ0n) is 13.8. The molecule has 126 valence electrons. The Morgan fingerprint density at radius 2 is 1.67 bits per heavy atom. The van der Waals surface area contributed by atoms with Crippen LogP contribution in [0.5, 0.6) is 0 Å². The molecule has 0 radical (unpaired) electrons. The predicted molar refractivity (Wildman–Crippen MR) is 97.3 cm³/mol. The molecule has 24 heavy (non-hydrogen) atoms. The summed E-state index contributed by atoms with van der Waals surface area (Å²) in [4.78, 5) is 25.3. The first-order chi connectivity index (χ1) is 11.6. The van der Waals surface area contributed by atoms with Gasteiger partial charge in [-0.15, -0.1) is 11.6 Å². The monoisotopic (exact) mass is 343 g/mol. The van der Waals surface area contributed by atoms with E-state index in [0.717, 1.165) is 18.3 Å². The van der Waals surface area contributed by atoms with Crippen LogP contribution < -0.4 is 0 Å². The van der Waals surface area contributed by atoms with E-state index in [1.54, 1.807) is 11.9 Å². The van der Waals surface area contributed by atoms with Crippen molar-refractivity contribution in [1.29, 1.82) is 0 Å². The lowest BCUT2D eigenvalue weighted by Gasteiger charge is -2.25. The summed E-state index contributed by atoms with van der Waals surface area (Å²) in [5.74, 6) is -0.458. The van der Waals surface area contributed by atoms with Gasteiger partial charge in [-0.1, -0.05) is 60.7 Å². The maximum absolute atomic E-state index is 12.6. The van der Waals surface area contributed by atoms with Crippen molar-refractivity contribution in [3.05, 3.63) is 71.8 Å². The number of hydrogen-bond donors (Lipinski definition) is 0. The van der Waals surface area contributed by atoms with Crippen LogP contribution in [-0.2, 0) is 16.0 Å². The summed E-state index contributed by atoms with van der Waals surface area (Å²) < 4.78 is 0. The van der Waals surface area contributed by atoms with E-state index in [0.29, 0.717) is 6.54 Å². The van der Waals surface area contributed by atoms with E-state index in [-0.39, 0.29) is 18.2 Å². The van der Waals surface area contributed by atoms with Crippen LogP contribution in [-0.4, -0.2) is 36.1 Å². The molecule has 0 N–H and O–H groups in total. The third-order valence-corrected chi connectivity index (χ3v) is 4.61. The molecule has 0 saturated carbocycles. The zero-order chi connectivity index (χ0) is 17.4. The van der Waals surface area contributed by atoms with Gasteiger partial charge in [0.2, 0.25) is 5.91 Å². The molecule has 3 nitrogen and oxygen atoms in total. The predicted octanol–water partition coefficient (Wildman–Crippen LogP) is 3.67. The molecule has 2 aromatic carbocycles. The van der Waals surface area contributed by atoms with E-state index >= 15 is 0 Å². The second-order valence-corrected chi connectivity index (χ2v) is 6.29. The largest absolute Gasteiger partial charge is 0.344 e. The average molecular weight is 344 g/mol. The molecule has 2 unspecified atom stereocenters. The van der Waals surface area contributed by atoms with Crippen molar-refractivity contribution in [2.24, 2.45) is 0 Å². The highest BCUT2D eigenvalue weighted by Gasteiger charge is 2.29. The normalized spacial score (nSPS) is 13.1. The Balaban J connectivity index is 2.01. The van der Waals surface area contributed by atoms with Crippen molar-refractivity contribution in [3.63, 3.8) is 0 Å². The minimum Gasteiger partial charge on any atom is -0.344 e. The molecule has 0 aliphatic rings. The van der Waals surface area contributed by atoms with Gasteiger partial charge in [0, 0.05) is 25.9 Å². The lowest BCUT2D eigenvalue weighted by molar-refractivity contribution is -0.129. The van der Waals surface area contributed by atoms with Gasteiger partial charge in [-0.25, -0.2) is 0 Å². The number of carbonyl (C=O) groups excluding carboxylic acids is 2. The molecular weight excluding hydrogens is 322 g/mol. The SMILES string of the molecule is CN(CCc1ccccc1)C(=O)C(Cl)C(CC=O)c1ccccc1. The quantitative estimate of drug-likeness (QED) is 0.541. The van der Waals surface area contributed by atoms with Gasteiger partial charge in [0.15, 0.2) is 0 Å². The Morgan fingerprint density at radius 1 is 1.08 bits per heavy atom. The molecule has 0 fully saturated rings. The van der Waals surface area contributed by atoms with Gasteiger partial charge in [0.05, 0.1) is 0 Å². The highest BCUT2D eigenvalue weighted by Crippen LogP contribution is 2.27. The molecule has 4 heteroatoms. The summed E-state index contributed by atoms with van der Waals surface area (Å²) in [5, 5.41) is -0.752. The number of hydrogen-bond acceptors (Lipinski definition) is 2. The Kier molecular flexibility index (Phi) is 7.01. The second kappa shape index (κ2) is 9.24. The van der Waals surface area contributed by atoms with E-state index in [1.165, 1.54) is 5.56 Å². The minimum absolute atomic E-state index is 0.150. The fourth-order valence-electron chi connectivity index (χ4n) is 2.66. The molecule has 0 heterocycles. The fraction of sp³-hybridized carbons (Fsp3) is 0.300. The van der Waals surface area contributed by atoms with Gasteiger partial charge in [-0.05, 0) is 17.5 Å². The molecule has 2 atom stereocenters. The first kappa shape index (κ1) is 18.2. The van der Waals surface area contributed by atoms with E-state index < -0.39 is 5.38 Å². The van der Waals surface area contributed by atoms with Crippen molar-refractivity contribution in [1.82, 2.24) is 4.90 Å². The molecule has 2 rings (SSSR count). The maximum atomic E-state index is 12.6. The van der Waals surface area contributed by atoms with Crippen molar-refractivity contribution < 1.29 is 9.59 Å². The van der Waals surface area contributed by atoms with Crippen molar-refractivity contribution in [2.75, 3.05) is 13.6 Å². The lowest BCUT2D eigenvalue weighted by Crippen LogP contribution is -2.38. The van der Waals surface area contributed by atoms with Crippen LogP contribution in [0, 0.1) is 0 Å². The van der Waals surface area contributed by atoms with E-state index in [9.17, 15) is 9.59 Å². The maximum Gasteiger partial charge on any atom is 0.241 e. The van der Waals surface area contributed by atoms with Crippen LogP contribution in [0.4, 0.5) is 0 Å². The standard InChI is InChI=1S/C20H22ClNO2/c1-22(14-12-16-8-4-2-5-9-16)20(24)19(21)18(13-15-23)17-10-6-3-7-11-17/h2-11,15,18-19H,12-14H2,1H3. The van der Waals surface area contributed by atoms with Crippen molar-refractivity contribution in [2.45, 2.75) is 24.1 Å². The third-order valence-electron chi connectivity index (χ3n) is 4.12. The highest BCUT2D eigenvalue weighted by atomic mass is 35.5. The van der Waals surface area contributed by atoms with Crippen LogP contribution in [0.15, 0.2) is 60.7 Å². The average Bonchev–Trinajstić information content (AvgIpc) is 2.64. The van der Waals surface area contributed by atoms with Gasteiger partial charge in [0.25, 0.3) is 0 Å². The number of carbonyl (C=O) groups is 2. The number of benzene rings is 2. The fourth-order valence-corrected chi connectivity index (χ4v) is 3.08. The van der Waals surface area contributed by atoms with Crippen molar-refractivity contribution in [3.8, 4) is 0 Å². The van der Waals surface area contributed by atoms with Crippen LogP contribution in [0.1, 0.15) is 23.5 Å². The molecule has 0 aromatic heterocycles. The molecule has 0 aliphatic heterocycles. The van der Waals surface area contributed by atoms with E-state index in [1.807, 2.05) is 60.7 Å². The Bertz CT molecular complexity index is 645. The van der Waals surface area contributed by atoms with Crippen LogP contribution in [0.25, 0.3) is 0 Å². The Morgan fingerprint density at radius 3 is 2.25 bits per heavy atom. The lowest BCUT2D eigenvalue weighted by atomic mass is 9.92. The molecule has 1 amide bonds. The highest BCUT2D eigenvalue weighted by molar-refractivity contribution is 6.31. The van der Waals surface area contributed by atoms with Gasteiger partial charge >= 0.3 is 0 Å². The molecule has 0 aliphatic carbocycles. The number of rotatable bonds is 8. The molecule has 2 aromatic rings. The number of aldehydes is 1. The van der Waals surface area contributed by atoms with Gasteiger partial charge in [0.1, 0.15) is 11.7 Å². The minimum atomic E-state index is -0.752. The second-order valence-electron chi connectivity index (χ2n) is 5.82. The number of halogens is 1. The summed E-state index contributed by atoms with van der Waals surface area (Å²) in [6.45, 7) is 0.592. The molecular formula is C20H22ClNO2. The summed E-state index contributed by atoms with van der Waals surface area (Å²) in [6.07, 6.45) is 1.83. The first-order valence-corrected chi connectivity index (χ1v) is 8.48. The van der Waals surface area contributed by atoms with Gasteiger partial charge < -0.3 is 9.69 Å². The smallest absolute Gasteiger partial charge is 0.241 e. The van der Waals surface area contributed by atoms with Crippen LogP contribution in [0.2, 0.25) is 0 Å².